The summed E-state index contributed by atoms with van der Waals surface area (Å²) in [6.45, 7) is 6.00. The maximum Gasteiger partial charge on any atom is 0.306 e. The van der Waals surface area contributed by atoms with E-state index >= 15 is 0 Å². The second-order valence-corrected chi connectivity index (χ2v) is 11.8. The summed E-state index contributed by atoms with van der Waals surface area (Å²) in [5.74, 6) is -0.0352. The van der Waals surface area contributed by atoms with Crippen LogP contribution in [0, 0.1) is 20.8 Å². The molecule has 1 aliphatic heterocycles. The summed E-state index contributed by atoms with van der Waals surface area (Å²) in [4.78, 5) is 35.3. The molecule has 2 aromatic carbocycles. The second kappa shape index (κ2) is 10.7. The SMILES string of the molecule is Cc1sc2c(c1C)C(c1ccc(-c3cccc(NC(=O)c4cnn5cccnc45)c3)cc1)=N[C@@H](CC(=O)O)c1nnc(C)n1-2. The molecule has 0 radical (unpaired) electrons. The number of carbonyl (C=O) groups excluding carboxylic acids is 1. The Bertz CT molecular complexity index is 2120. The van der Waals surface area contributed by atoms with Crippen molar-refractivity contribution >= 4 is 40.3 Å². The molecular weight excluding hydrogens is 576 g/mol. The third kappa shape index (κ3) is 4.65. The van der Waals surface area contributed by atoms with Crippen LogP contribution in [0.1, 0.15) is 56.0 Å². The molecule has 1 amide bonds. The van der Waals surface area contributed by atoms with Crippen molar-refractivity contribution in [2.24, 2.45) is 4.99 Å². The number of aryl methyl sites for hydroxylation is 2. The Morgan fingerprint density at radius 2 is 1.80 bits per heavy atom. The molecule has 5 heterocycles. The van der Waals surface area contributed by atoms with E-state index in [9.17, 15) is 14.7 Å². The molecule has 2 N–H and O–H groups in total. The smallest absolute Gasteiger partial charge is 0.306 e. The molecule has 218 valence electrons. The molecule has 44 heavy (non-hydrogen) atoms. The number of anilines is 1. The van der Waals surface area contributed by atoms with Crippen molar-refractivity contribution in [2.75, 3.05) is 5.32 Å². The number of thiophene rings is 1. The van der Waals surface area contributed by atoms with E-state index in [1.165, 1.54) is 6.20 Å². The van der Waals surface area contributed by atoms with Gasteiger partial charge >= 0.3 is 5.97 Å². The lowest BCUT2D eigenvalue weighted by molar-refractivity contribution is -0.137. The highest BCUT2D eigenvalue weighted by molar-refractivity contribution is 7.15. The minimum atomic E-state index is -0.955. The number of nitrogens with one attached hydrogen (secondary N) is 1. The summed E-state index contributed by atoms with van der Waals surface area (Å²) in [6, 6.07) is 16.7. The molecule has 0 spiro atoms. The highest BCUT2D eigenvalue weighted by Gasteiger charge is 2.32. The van der Waals surface area contributed by atoms with E-state index in [-0.39, 0.29) is 12.3 Å². The van der Waals surface area contributed by atoms with E-state index in [0.717, 1.165) is 43.4 Å². The highest BCUT2D eigenvalue weighted by atomic mass is 32.1. The van der Waals surface area contributed by atoms with Crippen LogP contribution in [0.15, 0.2) is 78.2 Å². The molecule has 6 aromatic rings. The first-order valence-electron chi connectivity index (χ1n) is 13.9. The maximum atomic E-state index is 13.0. The Balaban J connectivity index is 1.22. The fourth-order valence-electron chi connectivity index (χ4n) is 5.47. The van der Waals surface area contributed by atoms with Crippen molar-refractivity contribution in [3.63, 3.8) is 0 Å². The minimum Gasteiger partial charge on any atom is -0.481 e. The van der Waals surface area contributed by atoms with Gasteiger partial charge in [0.05, 0.1) is 18.3 Å². The zero-order valence-electron chi connectivity index (χ0n) is 24.0. The van der Waals surface area contributed by atoms with Crippen molar-refractivity contribution in [3.05, 3.63) is 112 Å². The summed E-state index contributed by atoms with van der Waals surface area (Å²) in [5.41, 5.74) is 7.03. The molecule has 0 aliphatic carbocycles. The third-order valence-electron chi connectivity index (χ3n) is 7.74. The van der Waals surface area contributed by atoms with Crippen molar-refractivity contribution in [2.45, 2.75) is 33.2 Å². The number of carboxylic acids is 1. The molecular formula is C32H26N8O3S. The summed E-state index contributed by atoms with van der Waals surface area (Å²) in [6.07, 6.45) is 4.67. The standard InChI is InChI=1S/C32H26N8O3S/c1-17-18(2)44-32-27(17)28(36-25(15-26(41)42)30-38-37-19(3)40(30)32)21-10-8-20(9-11-21)22-6-4-7-23(14-22)35-31(43)24-16-34-39-13-5-12-33-29(24)39/h4-14,16,25H,15H2,1-3H3,(H,35,43)(H,41,42)/t25-/m0/s1. The van der Waals surface area contributed by atoms with Crippen molar-refractivity contribution < 1.29 is 14.7 Å². The normalized spacial score (nSPS) is 14.1. The van der Waals surface area contributed by atoms with Crippen molar-refractivity contribution in [3.8, 4) is 16.1 Å². The maximum absolute atomic E-state index is 13.0. The molecule has 12 heteroatoms. The van der Waals surface area contributed by atoms with Crippen LogP contribution in [0.25, 0.3) is 21.8 Å². The Hall–Kier alpha value is -5.49. The van der Waals surface area contributed by atoms with Gasteiger partial charge in [-0.05, 0) is 55.7 Å². The van der Waals surface area contributed by atoms with Gasteiger partial charge < -0.3 is 10.4 Å². The Kier molecular flexibility index (Phi) is 6.62. The van der Waals surface area contributed by atoms with Gasteiger partial charge in [0.15, 0.2) is 11.5 Å². The molecule has 1 atom stereocenters. The number of amides is 1. The fourth-order valence-corrected chi connectivity index (χ4v) is 6.69. The molecule has 7 rings (SSSR count). The van der Waals surface area contributed by atoms with Crippen LogP contribution in [0.5, 0.6) is 0 Å². The Morgan fingerprint density at radius 1 is 1.00 bits per heavy atom. The van der Waals surface area contributed by atoms with Gasteiger partial charge in [-0.3, -0.25) is 19.1 Å². The number of aliphatic imine (C=N–C) groups is 1. The average Bonchev–Trinajstić information content (AvgIpc) is 3.68. The Labute approximate surface area is 255 Å². The summed E-state index contributed by atoms with van der Waals surface area (Å²) in [7, 11) is 0. The van der Waals surface area contributed by atoms with Gasteiger partial charge in [0.2, 0.25) is 0 Å². The highest BCUT2D eigenvalue weighted by Crippen LogP contribution is 2.39. The van der Waals surface area contributed by atoms with Crippen LogP contribution in [-0.2, 0) is 4.79 Å². The molecule has 0 bridgehead atoms. The van der Waals surface area contributed by atoms with Crippen molar-refractivity contribution in [1.29, 1.82) is 0 Å². The minimum absolute atomic E-state index is 0.198. The predicted molar refractivity (Wildman–Crippen MR) is 167 cm³/mol. The van der Waals surface area contributed by atoms with Crippen LogP contribution < -0.4 is 5.32 Å². The quantitative estimate of drug-likeness (QED) is 0.254. The van der Waals surface area contributed by atoms with E-state index in [2.05, 4.69) is 39.4 Å². The van der Waals surface area contributed by atoms with Crippen LogP contribution in [0.3, 0.4) is 0 Å². The number of fused-ring (bicyclic) bond motifs is 4. The first kappa shape index (κ1) is 27.3. The molecule has 11 nitrogen and oxygen atoms in total. The van der Waals surface area contributed by atoms with Gasteiger partial charge in [0, 0.05) is 34.1 Å². The van der Waals surface area contributed by atoms with Gasteiger partial charge in [-0.15, -0.1) is 21.5 Å². The second-order valence-electron chi connectivity index (χ2n) is 10.6. The van der Waals surface area contributed by atoms with Crippen LogP contribution in [-0.4, -0.2) is 52.1 Å². The molecule has 4 aromatic heterocycles. The first-order chi connectivity index (χ1) is 21.3. The molecule has 0 fully saturated rings. The predicted octanol–water partition coefficient (Wildman–Crippen LogP) is 5.58. The van der Waals surface area contributed by atoms with E-state index in [1.54, 1.807) is 34.3 Å². The molecule has 0 saturated carbocycles. The lowest BCUT2D eigenvalue weighted by atomic mass is 9.97. The van der Waals surface area contributed by atoms with Crippen LogP contribution >= 0.6 is 11.3 Å². The lowest BCUT2D eigenvalue weighted by Gasteiger charge is -2.12. The largest absolute Gasteiger partial charge is 0.481 e. The van der Waals surface area contributed by atoms with Crippen LogP contribution in [0.2, 0.25) is 0 Å². The fraction of sp³-hybridized carbons (Fsp3) is 0.156. The number of aliphatic carboxylic acids is 1. The molecule has 1 aliphatic rings. The summed E-state index contributed by atoms with van der Waals surface area (Å²) >= 11 is 1.63. The van der Waals surface area contributed by atoms with Gasteiger partial charge in [-0.1, -0.05) is 36.4 Å². The first-order valence-corrected chi connectivity index (χ1v) is 14.7. The van der Waals surface area contributed by atoms with Gasteiger partial charge in [0.25, 0.3) is 5.91 Å². The zero-order valence-corrected chi connectivity index (χ0v) is 24.8. The van der Waals surface area contributed by atoms with E-state index < -0.39 is 12.0 Å². The lowest BCUT2D eigenvalue weighted by Crippen LogP contribution is -2.12. The topological polar surface area (TPSA) is 140 Å². The number of nitrogens with zero attached hydrogens (tertiary/aromatic N) is 7. The zero-order chi connectivity index (χ0) is 30.5. The van der Waals surface area contributed by atoms with Crippen LogP contribution in [0.4, 0.5) is 5.69 Å². The summed E-state index contributed by atoms with van der Waals surface area (Å²) < 4.78 is 3.50. The number of carboxylic acid groups (broad SMARTS) is 1. The van der Waals surface area contributed by atoms with Gasteiger partial charge in [-0.2, -0.15) is 5.10 Å². The van der Waals surface area contributed by atoms with E-state index in [0.29, 0.717) is 28.5 Å². The van der Waals surface area contributed by atoms with Gasteiger partial charge in [-0.25, -0.2) is 9.50 Å². The molecule has 0 saturated heterocycles. The molecule has 0 unspecified atom stereocenters. The Morgan fingerprint density at radius 3 is 2.59 bits per heavy atom. The third-order valence-corrected chi connectivity index (χ3v) is 8.94. The number of carbonyl (C=O) groups is 2. The van der Waals surface area contributed by atoms with E-state index in [4.69, 9.17) is 4.99 Å². The monoisotopic (exact) mass is 602 g/mol. The number of hydrogen-bond acceptors (Lipinski definition) is 8. The number of hydrogen-bond donors (Lipinski definition) is 2. The number of rotatable bonds is 6. The number of benzene rings is 2. The summed E-state index contributed by atoms with van der Waals surface area (Å²) in [5, 5.41) is 26.4. The average molecular weight is 603 g/mol. The van der Waals surface area contributed by atoms with Gasteiger partial charge in [0.1, 0.15) is 22.4 Å². The number of aromatic nitrogens is 6. The van der Waals surface area contributed by atoms with Crippen molar-refractivity contribution in [1.82, 2.24) is 29.4 Å². The van der Waals surface area contributed by atoms with E-state index in [1.807, 2.05) is 60.0 Å².